The molecule has 0 aliphatic carbocycles. The molecule has 0 aliphatic heterocycles. The van der Waals surface area contributed by atoms with Gasteiger partial charge >= 0.3 is 11.9 Å². The lowest BCUT2D eigenvalue weighted by Gasteiger charge is -2.29. The Balaban J connectivity index is 2.74. The maximum Gasteiger partial charge on any atom is 0.352 e. The molecule has 2 rings (SSSR count). The summed E-state index contributed by atoms with van der Waals surface area (Å²) in [7, 11) is 0. The predicted molar refractivity (Wildman–Crippen MR) is 73.1 cm³/mol. The molecule has 1 heterocycles. The Hall–Kier alpha value is -2.43. The first kappa shape index (κ1) is 14.0. The molecule has 20 heavy (non-hydrogen) atoms. The van der Waals surface area contributed by atoms with Crippen molar-refractivity contribution in [3.63, 3.8) is 0 Å². The molecule has 0 saturated heterocycles. The Morgan fingerprint density at radius 3 is 2.70 bits per heavy atom. The molecule has 0 bridgehead atoms. The molecule has 0 spiro atoms. The van der Waals surface area contributed by atoms with E-state index >= 15 is 0 Å². The van der Waals surface area contributed by atoms with Crippen molar-refractivity contribution in [3.8, 4) is 0 Å². The third kappa shape index (κ3) is 2.22. The number of benzene rings is 1. The van der Waals surface area contributed by atoms with E-state index in [-0.39, 0.29) is 6.42 Å². The van der Waals surface area contributed by atoms with E-state index in [2.05, 4.69) is 4.98 Å². The number of carboxylic acids is 1. The Labute approximate surface area is 116 Å². The van der Waals surface area contributed by atoms with Crippen molar-refractivity contribution < 1.29 is 19.4 Å². The lowest BCUT2D eigenvalue weighted by molar-refractivity contribution is -0.179. The SMILES string of the molecule is CCC(OC(C)=O)(C(=O)O)c1cccc2cnccc12. The van der Waals surface area contributed by atoms with Crippen LogP contribution < -0.4 is 0 Å². The molecular formula is C15H15NO4. The topological polar surface area (TPSA) is 76.5 Å². The molecule has 1 unspecified atom stereocenters. The molecule has 104 valence electrons. The van der Waals surface area contributed by atoms with Crippen LogP contribution >= 0.6 is 0 Å². The smallest absolute Gasteiger partial charge is 0.352 e. The van der Waals surface area contributed by atoms with E-state index in [1.165, 1.54) is 6.92 Å². The lowest BCUT2D eigenvalue weighted by Crippen LogP contribution is -2.39. The first-order valence-corrected chi connectivity index (χ1v) is 6.27. The van der Waals surface area contributed by atoms with Gasteiger partial charge in [0, 0.05) is 30.3 Å². The average Bonchev–Trinajstić information content (AvgIpc) is 2.43. The Morgan fingerprint density at radius 1 is 1.35 bits per heavy atom. The van der Waals surface area contributed by atoms with Crippen LogP contribution in [0.4, 0.5) is 0 Å². The Bertz CT molecular complexity index is 662. The fourth-order valence-electron chi connectivity index (χ4n) is 2.35. The third-order valence-electron chi connectivity index (χ3n) is 3.28. The second kappa shape index (κ2) is 5.28. The highest BCUT2D eigenvalue weighted by atomic mass is 16.6. The summed E-state index contributed by atoms with van der Waals surface area (Å²) < 4.78 is 5.18. The quantitative estimate of drug-likeness (QED) is 0.866. The minimum atomic E-state index is -1.67. The minimum absolute atomic E-state index is 0.142. The van der Waals surface area contributed by atoms with Crippen molar-refractivity contribution >= 4 is 22.7 Å². The van der Waals surface area contributed by atoms with Crippen LogP contribution in [-0.2, 0) is 19.9 Å². The van der Waals surface area contributed by atoms with E-state index in [0.29, 0.717) is 10.9 Å². The Morgan fingerprint density at radius 2 is 2.10 bits per heavy atom. The molecule has 2 aromatic rings. The van der Waals surface area contributed by atoms with E-state index in [1.54, 1.807) is 37.5 Å². The number of esters is 1. The Kier molecular flexibility index (Phi) is 3.70. The summed E-state index contributed by atoms with van der Waals surface area (Å²) in [4.78, 5) is 27.1. The molecule has 0 radical (unpaired) electrons. The minimum Gasteiger partial charge on any atom is -0.478 e. The van der Waals surface area contributed by atoms with E-state index in [0.717, 1.165) is 5.39 Å². The van der Waals surface area contributed by atoms with Gasteiger partial charge in [-0.2, -0.15) is 0 Å². The first-order valence-electron chi connectivity index (χ1n) is 6.27. The fraction of sp³-hybridized carbons (Fsp3) is 0.267. The molecule has 5 heteroatoms. The molecule has 1 aromatic heterocycles. The largest absolute Gasteiger partial charge is 0.478 e. The molecule has 0 amide bonds. The van der Waals surface area contributed by atoms with Gasteiger partial charge in [-0.1, -0.05) is 25.1 Å². The number of carbonyl (C=O) groups excluding carboxylic acids is 1. The number of hydrogen-bond donors (Lipinski definition) is 1. The van der Waals surface area contributed by atoms with Gasteiger partial charge in [-0.15, -0.1) is 0 Å². The highest BCUT2D eigenvalue weighted by molar-refractivity contribution is 5.92. The second-order valence-electron chi connectivity index (χ2n) is 4.48. The zero-order valence-electron chi connectivity index (χ0n) is 11.3. The van der Waals surface area contributed by atoms with E-state index in [1.807, 2.05) is 6.07 Å². The van der Waals surface area contributed by atoms with Gasteiger partial charge in [-0.05, 0) is 17.9 Å². The van der Waals surface area contributed by atoms with Crippen LogP contribution in [0.3, 0.4) is 0 Å². The lowest BCUT2D eigenvalue weighted by atomic mass is 9.87. The third-order valence-corrected chi connectivity index (χ3v) is 3.28. The number of carboxylic acid groups (broad SMARTS) is 1. The highest BCUT2D eigenvalue weighted by Crippen LogP contribution is 2.35. The molecule has 1 aromatic carbocycles. The first-order chi connectivity index (χ1) is 9.51. The number of aromatic nitrogens is 1. The number of rotatable bonds is 4. The zero-order chi connectivity index (χ0) is 14.8. The number of hydrogen-bond acceptors (Lipinski definition) is 4. The van der Waals surface area contributed by atoms with Gasteiger partial charge in [0.1, 0.15) is 0 Å². The van der Waals surface area contributed by atoms with Crippen molar-refractivity contribution in [3.05, 3.63) is 42.2 Å². The number of nitrogens with zero attached hydrogens (tertiary/aromatic N) is 1. The van der Waals surface area contributed by atoms with Gasteiger partial charge in [0.15, 0.2) is 0 Å². The second-order valence-corrected chi connectivity index (χ2v) is 4.48. The predicted octanol–water partition coefficient (Wildman–Crippen LogP) is 2.49. The van der Waals surface area contributed by atoms with Crippen LogP contribution in [0.2, 0.25) is 0 Å². The van der Waals surface area contributed by atoms with E-state index in [4.69, 9.17) is 4.74 Å². The summed E-state index contributed by atoms with van der Waals surface area (Å²) in [5.41, 5.74) is -1.21. The number of aliphatic carboxylic acids is 1. The highest BCUT2D eigenvalue weighted by Gasteiger charge is 2.43. The number of fused-ring (bicyclic) bond motifs is 1. The van der Waals surface area contributed by atoms with Crippen LogP contribution in [0.1, 0.15) is 25.8 Å². The van der Waals surface area contributed by atoms with Gasteiger partial charge in [-0.3, -0.25) is 9.78 Å². The van der Waals surface area contributed by atoms with Crippen molar-refractivity contribution in [1.82, 2.24) is 4.98 Å². The zero-order valence-corrected chi connectivity index (χ0v) is 11.3. The van der Waals surface area contributed by atoms with Crippen LogP contribution in [0.5, 0.6) is 0 Å². The van der Waals surface area contributed by atoms with Crippen LogP contribution in [0, 0.1) is 0 Å². The van der Waals surface area contributed by atoms with Crippen LogP contribution in [0.15, 0.2) is 36.7 Å². The summed E-state index contributed by atoms with van der Waals surface area (Å²) in [6.45, 7) is 2.89. The number of carbonyl (C=O) groups is 2. The van der Waals surface area contributed by atoms with Gasteiger partial charge < -0.3 is 9.84 Å². The molecule has 5 nitrogen and oxygen atoms in total. The average molecular weight is 273 g/mol. The summed E-state index contributed by atoms with van der Waals surface area (Å²) in [6, 6.07) is 6.96. The van der Waals surface area contributed by atoms with E-state index in [9.17, 15) is 14.7 Å². The normalized spacial score (nSPS) is 13.7. The van der Waals surface area contributed by atoms with Crippen molar-refractivity contribution in [2.24, 2.45) is 0 Å². The molecule has 1 atom stereocenters. The molecule has 1 N–H and O–H groups in total. The maximum absolute atomic E-state index is 11.7. The summed E-state index contributed by atoms with van der Waals surface area (Å²) >= 11 is 0. The number of ether oxygens (including phenoxy) is 1. The standard InChI is InChI=1S/C15H15NO4/c1-3-15(14(18)19,20-10(2)17)13-6-4-5-11-9-16-8-7-12(11)13/h4-9H,3H2,1-2H3,(H,18,19). The van der Waals surface area contributed by atoms with Gasteiger partial charge in [0.25, 0.3) is 0 Å². The van der Waals surface area contributed by atoms with E-state index < -0.39 is 17.5 Å². The van der Waals surface area contributed by atoms with Crippen molar-refractivity contribution in [2.75, 3.05) is 0 Å². The summed E-state index contributed by atoms with van der Waals surface area (Å²) in [5, 5.41) is 11.1. The molecule has 0 aliphatic rings. The monoisotopic (exact) mass is 273 g/mol. The van der Waals surface area contributed by atoms with Crippen molar-refractivity contribution in [2.45, 2.75) is 25.9 Å². The molecule has 0 saturated carbocycles. The van der Waals surface area contributed by atoms with Gasteiger partial charge in [0.05, 0.1) is 0 Å². The van der Waals surface area contributed by atoms with Crippen LogP contribution in [-0.4, -0.2) is 22.0 Å². The maximum atomic E-state index is 11.7. The summed E-state index contributed by atoms with van der Waals surface area (Å²) in [5.74, 6) is -1.81. The van der Waals surface area contributed by atoms with Gasteiger partial charge in [0.2, 0.25) is 5.60 Å². The molecule has 0 fully saturated rings. The fourth-order valence-corrected chi connectivity index (χ4v) is 2.35. The number of pyridine rings is 1. The van der Waals surface area contributed by atoms with Crippen molar-refractivity contribution in [1.29, 1.82) is 0 Å². The summed E-state index contributed by atoms with van der Waals surface area (Å²) in [6.07, 6.45) is 3.38. The van der Waals surface area contributed by atoms with Gasteiger partial charge in [-0.25, -0.2) is 4.79 Å². The van der Waals surface area contributed by atoms with Crippen LogP contribution in [0.25, 0.3) is 10.8 Å². The molecular weight excluding hydrogens is 258 g/mol.